The maximum Gasteiger partial charge on any atom is 0.00979 e. The molecule has 0 spiro atoms. The number of hydrogen-bond acceptors (Lipinski definition) is 1. The first-order valence-electron chi connectivity index (χ1n) is 11.3. The van der Waals surface area contributed by atoms with E-state index in [0.29, 0.717) is 0 Å². The van der Waals surface area contributed by atoms with Crippen LogP contribution in [0.1, 0.15) is 103 Å². The van der Waals surface area contributed by atoms with Crippen molar-refractivity contribution < 1.29 is 0 Å². The summed E-state index contributed by atoms with van der Waals surface area (Å²) in [6.45, 7) is 1.28. The van der Waals surface area contributed by atoms with Gasteiger partial charge in [-0.2, -0.15) is 0 Å². The fraction of sp³-hybridized carbons (Fsp3) is 0.913. The Hall–Kier alpha value is -0.300. The van der Waals surface area contributed by atoms with Crippen molar-refractivity contribution in [2.24, 2.45) is 17.8 Å². The van der Waals surface area contributed by atoms with Crippen LogP contribution in [0, 0.1) is 17.8 Å². The van der Waals surface area contributed by atoms with E-state index >= 15 is 0 Å². The molecule has 4 unspecified atom stereocenters. The van der Waals surface area contributed by atoms with Gasteiger partial charge in [0, 0.05) is 6.04 Å². The summed E-state index contributed by atoms with van der Waals surface area (Å²) >= 11 is 0. The fourth-order valence-corrected chi connectivity index (χ4v) is 5.71. The molecule has 24 heavy (non-hydrogen) atoms. The summed E-state index contributed by atoms with van der Waals surface area (Å²) in [4.78, 5) is 0. The van der Waals surface area contributed by atoms with Gasteiger partial charge in [0.05, 0.1) is 0 Å². The second kappa shape index (κ2) is 10.6. The molecule has 1 saturated heterocycles. The largest absolute Gasteiger partial charge is 0.314 e. The van der Waals surface area contributed by atoms with Gasteiger partial charge in [-0.15, -0.1) is 0 Å². The molecular weight excluding hydrogens is 290 g/mol. The van der Waals surface area contributed by atoms with Gasteiger partial charge in [-0.05, 0) is 82.1 Å². The van der Waals surface area contributed by atoms with Crippen molar-refractivity contribution in [3.63, 3.8) is 0 Å². The highest BCUT2D eigenvalue weighted by Crippen LogP contribution is 2.42. The highest BCUT2D eigenvalue weighted by molar-refractivity contribution is 4.90. The molecule has 3 rings (SSSR count). The van der Waals surface area contributed by atoms with Crippen molar-refractivity contribution in [2.75, 3.05) is 6.54 Å². The van der Waals surface area contributed by atoms with E-state index in [4.69, 9.17) is 0 Å². The maximum atomic E-state index is 3.89. The Bertz CT molecular complexity index is 355. The minimum absolute atomic E-state index is 0.849. The molecule has 0 aromatic carbocycles. The first-order chi connectivity index (χ1) is 11.9. The van der Waals surface area contributed by atoms with Crippen molar-refractivity contribution in [2.45, 2.75) is 109 Å². The number of hydrogen-bond donors (Lipinski definition) is 1. The summed E-state index contributed by atoms with van der Waals surface area (Å²) in [5.74, 6) is 3.05. The molecular formula is C23H41N. The molecule has 0 radical (unpaired) electrons. The molecule has 1 aliphatic heterocycles. The van der Waals surface area contributed by atoms with Crippen molar-refractivity contribution in [3.8, 4) is 0 Å². The molecule has 1 heteroatoms. The lowest BCUT2D eigenvalue weighted by atomic mass is 9.67. The number of fused-ring (bicyclic) bond motifs is 2. The summed E-state index contributed by atoms with van der Waals surface area (Å²) < 4.78 is 0. The highest BCUT2D eigenvalue weighted by Gasteiger charge is 2.35. The van der Waals surface area contributed by atoms with Crippen LogP contribution in [-0.4, -0.2) is 12.6 Å². The van der Waals surface area contributed by atoms with E-state index in [-0.39, 0.29) is 0 Å². The Balaban J connectivity index is 1.56. The SMILES string of the molecule is C1=C\CCCC2CC(CCCCCCC/1)CCC2C1CCCCN1. The zero-order valence-electron chi connectivity index (χ0n) is 16.0. The molecule has 4 atom stereocenters. The quantitative estimate of drug-likeness (QED) is 0.532. The van der Waals surface area contributed by atoms with Gasteiger partial charge in [-0.25, -0.2) is 0 Å². The van der Waals surface area contributed by atoms with Crippen LogP contribution in [0.25, 0.3) is 0 Å². The Morgan fingerprint density at radius 3 is 2.29 bits per heavy atom. The van der Waals surface area contributed by atoms with Crippen LogP contribution in [0.5, 0.6) is 0 Å². The molecule has 0 aromatic heterocycles. The second-order valence-electron chi connectivity index (χ2n) is 8.91. The average molecular weight is 332 g/mol. The van der Waals surface area contributed by atoms with Crippen LogP contribution in [0.4, 0.5) is 0 Å². The third-order valence-electron chi connectivity index (χ3n) is 7.11. The molecule has 2 fully saturated rings. The van der Waals surface area contributed by atoms with E-state index in [1.165, 1.54) is 103 Å². The van der Waals surface area contributed by atoms with Crippen molar-refractivity contribution in [1.29, 1.82) is 0 Å². The van der Waals surface area contributed by atoms with E-state index in [1.807, 2.05) is 0 Å². The zero-order chi connectivity index (χ0) is 16.5. The lowest BCUT2D eigenvalue weighted by Crippen LogP contribution is -2.45. The highest BCUT2D eigenvalue weighted by atomic mass is 14.9. The molecule has 0 aromatic rings. The number of nitrogens with one attached hydrogen (secondary N) is 1. The lowest BCUT2D eigenvalue weighted by molar-refractivity contribution is 0.112. The van der Waals surface area contributed by atoms with Gasteiger partial charge in [0.2, 0.25) is 0 Å². The molecule has 138 valence electrons. The molecule has 1 saturated carbocycles. The Morgan fingerprint density at radius 2 is 1.42 bits per heavy atom. The van der Waals surface area contributed by atoms with Crippen LogP contribution in [-0.2, 0) is 0 Å². The number of allylic oxidation sites excluding steroid dienone is 2. The van der Waals surface area contributed by atoms with Gasteiger partial charge < -0.3 is 5.32 Å². The Morgan fingerprint density at radius 1 is 0.625 bits per heavy atom. The molecule has 1 heterocycles. The normalized spacial score (nSPS) is 38.7. The van der Waals surface area contributed by atoms with Crippen LogP contribution >= 0.6 is 0 Å². The van der Waals surface area contributed by atoms with Gasteiger partial charge in [0.15, 0.2) is 0 Å². The summed E-state index contributed by atoms with van der Waals surface area (Å²) in [7, 11) is 0. The van der Waals surface area contributed by atoms with E-state index in [9.17, 15) is 0 Å². The van der Waals surface area contributed by atoms with Gasteiger partial charge in [0.1, 0.15) is 0 Å². The first-order valence-corrected chi connectivity index (χ1v) is 11.3. The molecule has 2 bridgehead atoms. The Labute approximate surface area is 151 Å². The van der Waals surface area contributed by atoms with Crippen LogP contribution in [0.3, 0.4) is 0 Å². The van der Waals surface area contributed by atoms with E-state index < -0.39 is 0 Å². The fourth-order valence-electron chi connectivity index (χ4n) is 5.71. The van der Waals surface area contributed by atoms with Gasteiger partial charge >= 0.3 is 0 Å². The van der Waals surface area contributed by atoms with Gasteiger partial charge in [0.25, 0.3) is 0 Å². The summed E-state index contributed by atoms with van der Waals surface area (Å²) in [5.41, 5.74) is 0. The Kier molecular flexibility index (Phi) is 8.20. The topological polar surface area (TPSA) is 12.0 Å². The molecule has 1 N–H and O–H groups in total. The molecule has 3 aliphatic rings. The van der Waals surface area contributed by atoms with E-state index in [2.05, 4.69) is 17.5 Å². The van der Waals surface area contributed by atoms with Gasteiger partial charge in [-0.3, -0.25) is 0 Å². The summed E-state index contributed by atoms with van der Waals surface area (Å²) in [6, 6.07) is 0.849. The zero-order valence-corrected chi connectivity index (χ0v) is 16.0. The molecule has 2 aliphatic carbocycles. The standard InChI is InChI=1S/C23H41N/c1-2-4-6-8-10-14-21-19-20(13-9-7-5-3-1)16-17-22(21)23-15-11-12-18-24-23/h4,6,20-24H,1-3,5,7-19H2/b6-4-. The second-order valence-corrected chi connectivity index (χ2v) is 8.91. The maximum absolute atomic E-state index is 3.89. The molecule has 1 nitrogen and oxygen atoms in total. The first kappa shape index (κ1) is 18.5. The van der Waals surface area contributed by atoms with Crippen molar-refractivity contribution >= 4 is 0 Å². The molecule has 0 amide bonds. The third kappa shape index (κ3) is 5.90. The minimum atomic E-state index is 0.849. The van der Waals surface area contributed by atoms with Crippen LogP contribution < -0.4 is 5.32 Å². The minimum Gasteiger partial charge on any atom is -0.314 e. The third-order valence-corrected chi connectivity index (χ3v) is 7.11. The van der Waals surface area contributed by atoms with Crippen molar-refractivity contribution in [3.05, 3.63) is 12.2 Å². The summed E-state index contributed by atoms with van der Waals surface area (Å²) in [5, 5.41) is 3.89. The number of piperidine rings is 1. The summed E-state index contributed by atoms with van der Waals surface area (Å²) in [6.07, 6.45) is 28.3. The lowest BCUT2D eigenvalue weighted by Gasteiger charge is -2.42. The predicted octanol–water partition coefficient (Wildman–Crippen LogP) is 6.63. The monoisotopic (exact) mass is 331 g/mol. The van der Waals surface area contributed by atoms with Crippen LogP contribution in [0.2, 0.25) is 0 Å². The number of rotatable bonds is 1. The predicted molar refractivity (Wildman–Crippen MR) is 105 cm³/mol. The van der Waals surface area contributed by atoms with Crippen molar-refractivity contribution in [1.82, 2.24) is 5.32 Å². The van der Waals surface area contributed by atoms with Crippen LogP contribution in [0.15, 0.2) is 12.2 Å². The van der Waals surface area contributed by atoms with E-state index in [0.717, 1.165) is 23.8 Å². The smallest absolute Gasteiger partial charge is 0.00979 e. The van der Waals surface area contributed by atoms with Gasteiger partial charge in [-0.1, -0.05) is 57.1 Å². The van der Waals surface area contributed by atoms with E-state index in [1.54, 1.807) is 6.42 Å². The average Bonchev–Trinajstić information content (AvgIpc) is 2.63.